The highest BCUT2D eigenvalue weighted by Crippen LogP contribution is 2.58. The molecule has 2 atom stereocenters. The zero-order valence-electron chi connectivity index (χ0n) is 15.7. The lowest BCUT2D eigenvalue weighted by atomic mass is 9.93. The second-order valence-electron chi connectivity index (χ2n) is 7.43. The van der Waals surface area contributed by atoms with Gasteiger partial charge in [-0.2, -0.15) is 4.72 Å². The van der Waals surface area contributed by atoms with Crippen LogP contribution in [0.3, 0.4) is 0 Å². The minimum Gasteiger partial charge on any atom is -0.480 e. The van der Waals surface area contributed by atoms with Gasteiger partial charge in [-0.1, -0.05) is 66.5 Å². The number of sulfonamides is 1. The molecule has 0 bridgehead atoms. The number of carbonyl (C=O) groups is 1. The molecule has 0 amide bonds. The summed E-state index contributed by atoms with van der Waals surface area (Å²) in [6.07, 6.45) is 0.166. The van der Waals surface area contributed by atoms with E-state index in [2.05, 4.69) is 4.72 Å². The van der Waals surface area contributed by atoms with Crippen LogP contribution in [-0.4, -0.2) is 25.0 Å². The first kappa shape index (κ1) is 21.3. The van der Waals surface area contributed by atoms with Gasteiger partial charge in [-0.15, -0.1) is 11.3 Å². The molecule has 0 radical (unpaired) electrons. The number of thiophene rings is 1. The lowest BCUT2D eigenvalue weighted by Gasteiger charge is -2.20. The average molecular weight is 482 g/mol. The molecule has 1 aliphatic rings. The van der Waals surface area contributed by atoms with Crippen LogP contribution in [0.25, 0.3) is 10.4 Å². The molecule has 1 aliphatic carbocycles. The molecule has 0 saturated heterocycles. The van der Waals surface area contributed by atoms with Crippen LogP contribution in [0.5, 0.6) is 0 Å². The zero-order valence-corrected chi connectivity index (χ0v) is 18.9. The lowest BCUT2D eigenvalue weighted by molar-refractivity contribution is -0.140. The third-order valence-electron chi connectivity index (χ3n) is 5.56. The Kier molecular flexibility index (Phi) is 5.23. The molecule has 2 aromatic carbocycles. The number of halogens is 2. The van der Waals surface area contributed by atoms with Gasteiger partial charge in [0.25, 0.3) is 10.0 Å². The van der Waals surface area contributed by atoms with Crippen molar-refractivity contribution in [2.45, 2.75) is 28.5 Å². The van der Waals surface area contributed by atoms with Gasteiger partial charge in [-0.3, -0.25) is 4.79 Å². The second-order valence-corrected chi connectivity index (χ2v) is 11.3. The van der Waals surface area contributed by atoms with Gasteiger partial charge in [0.05, 0.1) is 5.02 Å². The highest BCUT2D eigenvalue weighted by atomic mass is 35.5. The molecular weight excluding hydrogens is 465 g/mol. The SMILES string of the molecule is C[C@]1(c2ccccc2)C[C@@]1(NS(=O)(=O)c1ccc(-c2ccc(Cl)cc2Cl)s1)C(=O)O. The Hall–Kier alpha value is -1.90. The number of hydrogen-bond acceptors (Lipinski definition) is 4. The number of rotatable bonds is 6. The van der Waals surface area contributed by atoms with Crippen molar-refractivity contribution in [2.24, 2.45) is 0 Å². The fraction of sp³-hybridized carbons (Fsp3) is 0.190. The predicted octanol–water partition coefficient (Wildman–Crippen LogP) is 5.19. The number of aliphatic carboxylic acids is 1. The molecule has 1 fully saturated rings. The Bertz CT molecular complexity index is 1240. The summed E-state index contributed by atoms with van der Waals surface area (Å²) in [7, 11) is -4.07. The Balaban J connectivity index is 1.66. The standard InChI is InChI=1S/C21H17Cl2NO4S2/c1-20(13-5-3-2-4-6-13)12-21(20,19(25)26)24-30(27,28)18-10-9-17(29-18)15-8-7-14(22)11-16(15)23/h2-11,24H,12H2,1H3,(H,25,26)/t20-,21-/m1/s1. The summed E-state index contributed by atoms with van der Waals surface area (Å²) in [6, 6.07) is 17.1. The van der Waals surface area contributed by atoms with Crippen molar-refractivity contribution in [2.75, 3.05) is 0 Å². The highest BCUT2D eigenvalue weighted by molar-refractivity contribution is 7.91. The Morgan fingerprint density at radius 3 is 2.43 bits per heavy atom. The molecule has 5 nitrogen and oxygen atoms in total. The predicted molar refractivity (Wildman–Crippen MR) is 119 cm³/mol. The van der Waals surface area contributed by atoms with Crippen LogP contribution in [0.1, 0.15) is 18.9 Å². The van der Waals surface area contributed by atoms with Gasteiger partial charge in [0.2, 0.25) is 0 Å². The van der Waals surface area contributed by atoms with Crippen LogP contribution in [0.15, 0.2) is 64.9 Å². The van der Waals surface area contributed by atoms with Gasteiger partial charge < -0.3 is 5.11 Å². The summed E-state index contributed by atoms with van der Waals surface area (Å²) < 4.78 is 28.6. The summed E-state index contributed by atoms with van der Waals surface area (Å²) in [5.74, 6) is -1.20. The summed E-state index contributed by atoms with van der Waals surface area (Å²) in [5, 5.41) is 10.8. The van der Waals surface area contributed by atoms with Gasteiger partial charge >= 0.3 is 5.97 Å². The number of benzene rings is 2. The van der Waals surface area contributed by atoms with E-state index in [4.69, 9.17) is 23.2 Å². The van der Waals surface area contributed by atoms with E-state index >= 15 is 0 Å². The molecule has 1 aromatic heterocycles. The Morgan fingerprint density at radius 2 is 1.80 bits per heavy atom. The number of hydrogen-bond donors (Lipinski definition) is 2. The summed E-state index contributed by atoms with van der Waals surface area (Å²) >= 11 is 13.2. The Morgan fingerprint density at radius 1 is 1.10 bits per heavy atom. The largest absolute Gasteiger partial charge is 0.480 e. The topological polar surface area (TPSA) is 83.5 Å². The molecule has 4 rings (SSSR count). The third-order valence-corrected chi connectivity index (χ3v) is 9.22. The van der Waals surface area contributed by atoms with E-state index in [-0.39, 0.29) is 10.6 Å². The average Bonchev–Trinajstić information content (AvgIpc) is 3.05. The van der Waals surface area contributed by atoms with Crippen molar-refractivity contribution in [3.05, 3.63) is 76.3 Å². The fourth-order valence-electron chi connectivity index (χ4n) is 3.72. The molecule has 0 aliphatic heterocycles. The van der Waals surface area contributed by atoms with Crippen molar-refractivity contribution in [1.82, 2.24) is 4.72 Å². The summed E-state index contributed by atoms with van der Waals surface area (Å²) in [5.41, 5.74) is -1.02. The minimum atomic E-state index is -4.07. The van der Waals surface area contributed by atoms with Crippen LogP contribution in [0, 0.1) is 0 Å². The maximum absolute atomic E-state index is 13.1. The van der Waals surface area contributed by atoms with Crippen molar-refractivity contribution in [1.29, 1.82) is 0 Å². The third kappa shape index (κ3) is 3.44. The lowest BCUT2D eigenvalue weighted by Crippen LogP contribution is -2.47. The van der Waals surface area contributed by atoms with E-state index in [1.165, 1.54) is 6.07 Å². The first-order valence-corrected chi connectivity index (χ1v) is 12.0. The first-order valence-electron chi connectivity index (χ1n) is 8.97. The first-order chi connectivity index (χ1) is 14.1. The number of nitrogens with one attached hydrogen (secondary N) is 1. The Labute approximate surface area is 188 Å². The molecule has 1 heterocycles. The van der Waals surface area contributed by atoms with E-state index < -0.39 is 26.9 Å². The molecule has 9 heteroatoms. The van der Waals surface area contributed by atoms with Crippen molar-refractivity contribution in [3.8, 4) is 10.4 Å². The van der Waals surface area contributed by atoms with Gasteiger partial charge in [0, 0.05) is 20.9 Å². The highest BCUT2D eigenvalue weighted by Gasteiger charge is 2.72. The van der Waals surface area contributed by atoms with Crippen LogP contribution in [0.4, 0.5) is 0 Å². The minimum absolute atomic E-state index is 0.0199. The summed E-state index contributed by atoms with van der Waals surface area (Å²) in [6.45, 7) is 1.76. The smallest absolute Gasteiger partial charge is 0.325 e. The van der Waals surface area contributed by atoms with Crippen LogP contribution >= 0.6 is 34.5 Å². The normalized spacial score (nSPS) is 23.3. The monoisotopic (exact) mass is 481 g/mol. The molecule has 30 heavy (non-hydrogen) atoms. The molecule has 156 valence electrons. The van der Waals surface area contributed by atoms with Crippen LogP contribution in [0.2, 0.25) is 10.0 Å². The summed E-state index contributed by atoms with van der Waals surface area (Å²) in [4.78, 5) is 12.8. The van der Waals surface area contributed by atoms with E-state index in [0.29, 0.717) is 20.5 Å². The van der Waals surface area contributed by atoms with Crippen LogP contribution < -0.4 is 4.72 Å². The molecule has 1 saturated carbocycles. The molecule has 2 N–H and O–H groups in total. The van der Waals surface area contributed by atoms with E-state index in [1.54, 1.807) is 43.3 Å². The van der Waals surface area contributed by atoms with E-state index in [9.17, 15) is 18.3 Å². The molecule has 0 spiro atoms. The number of carboxylic acids is 1. The van der Waals surface area contributed by atoms with Crippen LogP contribution in [-0.2, 0) is 20.2 Å². The quantitative estimate of drug-likeness (QED) is 0.507. The van der Waals surface area contributed by atoms with E-state index in [0.717, 1.165) is 16.9 Å². The molecule has 3 aromatic rings. The molecule has 0 unspecified atom stereocenters. The zero-order chi connectivity index (χ0) is 21.7. The van der Waals surface area contributed by atoms with Crippen molar-refractivity contribution < 1.29 is 18.3 Å². The maximum atomic E-state index is 13.1. The molecular formula is C21H17Cl2NO4S2. The van der Waals surface area contributed by atoms with E-state index in [1.807, 2.05) is 18.2 Å². The fourth-order valence-corrected chi connectivity index (χ4v) is 7.09. The number of carboxylic acid groups (broad SMARTS) is 1. The second kappa shape index (κ2) is 7.35. The van der Waals surface area contributed by atoms with Gasteiger partial charge in [-0.25, -0.2) is 8.42 Å². The van der Waals surface area contributed by atoms with Crippen molar-refractivity contribution >= 4 is 50.5 Å². The van der Waals surface area contributed by atoms with Gasteiger partial charge in [0.15, 0.2) is 0 Å². The van der Waals surface area contributed by atoms with Gasteiger partial charge in [-0.05, 0) is 36.2 Å². The maximum Gasteiger partial charge on any atom is 0.325 e. The van der Waals surface area contributed by atoms with Crippen molar-refractivity contribution in [3.63, 3.8) is 0 Å². The van der Waals surface area contributed by atoms with Gasteiger partial charge in [0.1, 0.15) is 9.75 Å².